The summed E-state index contributed by atoms with van der Waals surface area (Å²) in [7, 11) is 0. The maximum absolute atomic E-state index is 13.7. The molecule has 4 rings (SSSR count). The van der Waals surface area contributed by atoms with E-state index in [2.05, 4.69) is 5.32 Å². The fraction of sp³-hybridized carbons (Fsp3) is 0.276. The van der Waals surface area contributed by atoms with Gasteiger partial charge in [0.25, 0.3) is 5.56 Å². The topological polar surface area (TPSA) is 67.2 Å². The monoisotopic (exact) mass is 468 g/mol. The zero-order chi connectivity index (χ0) is 24.8. The van der Waals surface area contributed by atoms with Crippen molar-refractivity contribution in [3.63, 3.8) is 0 Å². The molecule has 180 valence electrons. The number of hydrogen-bond donors (Lipinski definition) is 1. The van der Waals surface area contributed by atoms with Crippen LogP contribution in [0.5, 0.6) is 0 Å². The van der Waals surface area contributed by atoms with Gasteiger partial charge in [-0.1, -0.05) is 68.4 Å². The summed E-state index contributed by atoms with van der Waals surface area (Å²) in [4.78, 5) is 33.9. The fourth-order valence-corrected chi connectivity index (χ4v) is 4.46. The van der Waals surface area contributed by atoms with Gasteiger partial charge in [0, 0.05) is 12.2 Å². The molecule has 0 saturated heterocycles. The SMILES string of the molecule is CCCN(C(=O)Nc1cccc(C)c1)C(CC)c1nc2ccccc2c(=O)n1Cc1ccccc1. The van der Waals surface area contributed by atoms with E-state index < -0.39 is 0 Å². The van der Waals surface area contributed by atoms with E-state index in [4.69, 9.17) is 4.98 Å². The molecule has 0 spiro atoms. The highest BCUT2D eigenvalue weighted by atomic mass is 16.2. The van der Waals surface area contributed by atoms with Gasteiger partial charge in [-0.15, -0.1) is 0 Å². The number of amides is 2. The largest absolute Gasteiger partial charge is 0.322 e. The molecule has 6 heteroatoms. The first-order valence-electron chi connectivity index (χ1n) is 12.2. The second kappa shape index (κ2) is 11.0. The summed E-state index contributed by atoms with van der Waals surface area (Å²) in [6.07, 6.45) is 1.41. The van der Waals surface area contributed by atoms with Crippen LogP contribution in [0.2, 0.25) is 0 Å². The molecule has 35 heavy (non-hydrogen) atoms. The van der Waals surface area contributed by atoms with Gasteiger partial charge in [-0.2, -0.15) is 0 Å². The van der Waals surface area contributed by atoms with E-state index in [1.807, 2.05) is 99.6 Å². The standard InChI is InChI=1S/C29H32N4O2/c1-4-18-32(29(35)30-23-15-11-12-21(3)19-23)26(5-2)27-31-25-17-10-9-16-24(25)28(34)33(27)20-22-13-7-6-8-14-22/h6-17,19,26H,4-5,18,20H2,1-3H3,(H,30,35). The summed E-state index contributed by atoms with van der Waals surface area (Å²) in [5, 5.41) is 3.62. The number of hydrogen-bond acceptors (Lipinski definition) is 3. The van der Waals surface area contributed by atoms with Crippen LogP contribution in [-0.2, 0) is 6.54 Å². The number of rotatable bonds is 8. The highest BCUT2D eigenvalue weighted by Gasteiger charge is 2.28. The Morgan fingerprint density at radius 2 is 1.74 bits per heavy atom. The molecule has 1 aromatic heterocycles. The van der Waals surface area contributed by atoms with Crippen LogP contribution in [0.1, 0.15) is 49.7 Å². The van der Waals surface area contributed by atoms with Crippen LogP contribution in [0.15, 0.2) is 83.7 Å². The van der Waals surface area contributed by atoms with Gasteiger partial charge in [-0.3, -0.25) is 9.36 Å². The molecule has 0 aliphatic rings. The molecule has 6 nitrogen and oxygen atoms in total. The van der Waals surface area contributed by atoms with Crippen molar-refractivity contribution in [3.8, 4) is 0 Å². The van der Waals surface area contributed by atoms with Crippen LogP contribution in [0, 0.1) is 6.92 Å². The van der Waals surface area contributed by atoms with Crippen molar-refractivity contribution >= 4 is 22.6 Å². The Labute approximate surface area is 206 Å². The van der Waals surface area contributed by atoms with E-state index in [0.29, 0.717) is 36.2 Å². The van der Waals surface area contributed by atoms with E-state index in [1.54, 1.807) is 9.47 Å². The van der Waals surface area contributed by atoms with Gasteiger partial charge in [0.1, 0.15) is 5.82 Å². The minimum atomic E-state index is -0.360. The molecule has 2 amide bonds. The summed E-state index contributed by atoms with van der Waals surface area (Å²) >= 11 is 0. The van der Waals surface area contributed by atoms with Crippen LogP contribution < -0.4 is 10.9 Å². The highest BCUT2D eigenvalue weighted by molar-refractivity contribution is 5.89. The lowest BCUT2D eigenvalue weighted by Crippen LogP contribution is -2.41. The van der Waals surface area contributed by atoms with Crippen LogP contribution >= 0.6 is 0 Å². The Balaban J connectivity index is 1.80. The van der Waals surface area contributed by atoms with Crippen LogP contribution in [0.25, 0.3) is 10.9 Å². The van der Waals surface area contributed by atoms with E-state index in [9.17, 15) is 9.59 Å². The number of carbonyl (C=O) groups is 1. The Kier molecular flexibility index (Phi) is 7.60. The van der Waals surface area contributed by atoms with Crippen molar-refractivity contribution < 1.29 is 4.79 Å². The molecular weight excluding hydrogens is 436 g/mol. The Morgan fingerprint density at radius 1 is 1.00 bits per heavy atom. The predicted octanol–water partition coefficient (Wildman–Crippen LogP) is 6.15. The summed E-state index contributed by atoms with van der Waals surface area (Å²) in [6, 6.07) is 24.5. The lowest BCUT2D eigenvalue weighted by atomic mass is 10.1. The molecule has 1 heterocycles. The number of carbonyl (C=O) groups excluding carboxylic acids is 1. The van der Waals surface area contributed by atoms with Gasteiger partial charge < -0.3 is 10.2 Å². The lowest BCUT2D eigenvalue weighted by Gasteiger charge is -2.32. The first-order valence-corrected chi connectivity index (χ1v) is 12.2. The highest BCUT2D eigenvalue weighted by Crippen LogP contribution is 2.26. The van der Waals surface area contributed by atoms with Gasteiger partial charge in [-0.05, 0) is 55.2 Å². The number of fused-ring (bicyclic) bond motifs is 1. The Bertz CT molecular complexity index is 1360. The van der Waals surface area contributed by atoms with E-state index in [0.717, 1.165) is 23.2 Å². The first-order chi connectivity index (χ1) is 17.0. The number of aryl methyl sites for hydroxylation is 1. The molecule has 0 saturated carbocycles. The van der Waals surface area contributed by atoms with Crippen LogP contribution in [0.4, 0.5) is 10.5 Å². The maximum Gasteiger partial charge on any atom is 0.322 e. The third-order valence-electron chi connectivity index (χ3n) is 6.13. The van der Waals surface area contributed by atoms with Crippen molar-refractivity contribution in [1.29, 1.82) is 0 Å². The molecule has 1 N–H and O–H groups in total. The molecule has 0 fully saturated rings. The zero-order valence-corrected chi connectivity index (χ0v) is 20.6. The molecule has 1 atom stereocenters. The van der Waals surface area contributed by atoms with Gasteiger partial charge in [-0.25, -0.2) is 9.78 Å². The average Bonchev–Trinajstić information content (AvgIpc) is 2.86. The fourth-order valence-electron chi connectivity index (χ4n) is 4.46. The van der Waals surface area contributed by atoms with Crippen LogP contribution in [-0.4, -0.2) is 27.0 Å². The second-order valence-corrected chi connectivity index (χ2v) is 8.78. The summed E-state index contributed by atoms with van der Waals surface area (Å²) < 4.78 is 1.73. The quantitative estimate of drug-likeness (QED) is 0.337. The van der Waals surface area contributed by atoms with Crippen molar-refractivity contribution in [1.82, 2.24) is 14.5 Å². The number of anilines is 1. The molecule has 0 bridgehead atoms. The molecule has 0 aliphatic heterocycles. The molecule has 3 aromatic carbocycles. The van der Waals surface area contributed by atoms with E-state index in [-0.39, 0.29) is 17.6 Å². The smallest absolute Gasteiger partial charge is 0.314 e. The number of para-hydroxylation sites is 1. The molecule has 0 radical (unpaired) electrons. The van der Waals surface area contributed by atoms with Crippen molar-refractivity contribution in [2.75, 3.05) is 11.9 Å². The molecule has 4 aromatic rings. The number of nitrogens with one attached hydrogen (secondary N) is 1. The van der Waals surface area contributed by atoms with Gasteiger partial charge in [0.05, 0.1) is 23.5 Å². The number of aromatic nitrogens is 2. The first kappa shape index (κ1) is 24.2. The minimum Gasteiger partial charge on any atom is -0.314 e. The third-order valence-corrected chi connectivity index (χ3v) is 6.13. The van der Waals surface area contributed by atoms with Gasteiger partial charge in [0.2, 0.25) is 0 Å². The summed E-state index contributed by atoms with van der Waals surface area (Å²) in [6.45, 7) is 7.01. The van der Waals surface area contributed by atoms with E-state index in [1.165, 1.54) is 0 Å². The normalized spacial score (nSPS) is 11.9. The third kappa shape index (κ3) is 5.43. The van der Waals surface area contributed by atoms with Gasteiger partial charge >= 0.3 is 6.03 Å². The number of nitrogens with zero attached hydrogens (tertiary/aromatic N) is 3. The van der Waals surface area contributed by atoms with Crippen molar-refractivity contribution in [3.05, 3.63) is 106 Å². The van der Waals surface area contributed by atoms with Crippen LogP contribution in [0.3, 0.4) is 0 Å². The molecule has 0 aliphatic carbocycles. The number of benzene rings is 3. The maximum atomic E-state index is 13.7. The van der Waals surface area contributed by atoms with Crippen molar-refractivity contribution in [2.45, 2.75) is 46.2 Å². The summed E-state index contributed by atoms with van der Waals surface area (Å²) in [5.41, 5.74) is 3.38. The summed E-state index contributed by atoms with van der Waals surface area (Å²) in [5.74, 6) is 0.605. The molecular formula is C29H32N4O2. The minimum absolute atomic E-state index is 0.0940. The number of urea groups is 1. The van der Waals surface area contributed by atoms with Gasteiger partial charge in [0.15, 0.2) is 0 Å². The lowest BCUT2D eigenvalue weighted by molar-refractivity contribution is 0.180. The predicted molar refractivity (Wildman–Crippen MR) is 142 cm³/mol. The average molecular weight is 469 g/mol. The second-order valence-electron chi connectivity index (χ2n) is 8.78. The van der Waals surface area contributed by atoms with Crippen molar-refractivity contribution in [2.24, 2.45) is 0 Å². The Morgan fingerprint density at radius 3 is 2.46 bits per heavy atom. The zero-order valence-electron chi connectivity index (χ0n) is 20.6. The van der Waals surface area contributed by atoms with E-state index >= 15 is 0 Å². The molecule has 1 unspecified atom stereocenters. The Hall–Kier alpha value is -3.93.